The number of hydrogen-bond acceptors (Lipinski definition) is 1. The fourth-order valence-electron chi connectivity index (χ4n) is 1.52. The third kappa shape index (κ3) is 2.98. The van der Waals surface area contributed by atoms with Gasteiger partial charge in [0.1, 0.15) is 0 Å². The van der Waals surface area contributed by atoms with Crippen molar-refractivity contribution in [3.63, 3.8) is 0 Å². The fraction of sp³-hybridized carbons (Fsp3) is 1.00. The molecule has 62 valence electrons. The molecule has 0 N–H and O–H groups in total. The third-order valence-electron chi connectivity index (χ3n) is 1.52. The summed E-state index contributed by atoms with van der Waals surface area (Å²) in [6.07, 6.45) is 0. The quantitative estimate of drug-likeness (QED) is 0.575. The molecule has 1 nitrogen and oxygen atoms in total. The van der Waals surface area contributed by atoms with E-state index in [9.17, 15) is 0 Å². The van der Waals surface area contributed by atoms with E-state index in [1.54, 1.807) is 0 Å². The van der Waals surface area contributed by atoms with Crippen LogP contribution in [0.3, 0.4) is 0 Å². The van der Waals surface area contributed by atoms with Gasteiger partial charge in [-0.3, -0.25) is 4.67 Å². The molecule has 0 spiro atoms. The van der Waals surface area contributed by atoms with Crippen LogP contribution in [0.25, 0.3) is 0 Å². The van der Waals surface area contributed by atoms with Crippen LogP contribution in [0, 0.1) is 0 Å². The highest BCUT2D eigenvalue weighted by Gasteiger charge is 2.15. The van der Waals surface area contributed by atoms with Crippen LogP contribution in [0.4, 0.5) is 0 Å². The SMILES string of the molecule is CC(C)N(C(C)C)P(C)C. The molecule has 0 saturated heterocycles. The lowest BCUT2D eigenvalue weighted by atomic mass is 10.3. The summed E-state index contributed by atoms with van der Waals surface area (Å²) in [7, 11) is 0.0905. The zero-order chi connectivity index (χ0) is 8.31. The van der Waals surface area contributed by atoms with E-state index in [4.69, 9.17) is 0 Å². The molecule has 0 fully saturated rings. The number of nitrogens with zero attached hydrogens (tertiary/aromatic N) is 1. The molecule has 0 aromatic carbocycles. The minimum absolute atomic E-state index is 0.0905. The van der Waals surface area contributed by atoms with Gasteiger partial charge in [0, 0.05) is 12.1 Å². The zero-order valence-electron chi connectivity index (χ0n) is 8.05. The van der Waals surface area contributed by atoms with Crippen LogP contribution in [-0.4, -0.2) is 30.1 Å². The molecule has 0 radical (unpaired) electrons. The molecule has 0 bridgehead atoms. The van der Waals surface area contributed by atoms with Gasteiger partial charge in [-0.25, -0.2) is 0 Å². The van der Waals surface area contributed by atoms with E-state index in [-0.39, 0.29) is 8.07 Å². The normalized spacial score (nSPS) is 12.6. The topological polar surface area (TPSA) is 3.24 Å². The van der Waals surface area contributed by atoms with E-state index in [1.807, 2.05) is 0 Å². The predicted molar refractivity (Wildman–Crippen MR) is 50.9 cm³/mol. The predicted octanol–water partition coefficient (Wildman–Crippen LogP) is 2.76. The van der Waals surface area contributed by atoms with Gasteiger partial charge in [-0.1, -0.05) is 0 Å². The number of hydrogen-bond donors (Lipinski definition) is 0. The van der Waals surface area contributed by atoms with Gasteiger partial charge < -0.3 is 0 Å². The second-order valence-electron chi connectivity index (χ2n) is 3.41. The van der Waals surface area contributed by atoms with Gasteiger partial charge in [0.25, 0.3) is 0 Å². The van der Waals surface area contributed by atoms with E-state index in [1.165, 1.54) is 0 Å². The van der Waals surface area contributed by atoms with Crippen molar-refractivity contribution in [1.82, 2.24) is 4.67 Å². The molecule has 0 atom stereocenters. The zero-order valence-corrected chi connectivity index (χ0v) is 8.94. The first-order chi connectivity index (χ1) is 4.46. The van der Waals surface area contributed by atoms with Crippen molar-refractivity contribution in [2.24, 2.45) is 0 Å². The van der Waals surface area contributed by atoms with Crippen molar-refractivity contribution >= 4 is 8.07 Å². The van der Waals surface area contributed by atoms with Crippen LogP contribution in [0.15, 0.2) is 0 Å². The van der Waals surface area contributed by atoms with Crippen LogP contribution < -0.4 is 0 Å². The molecule has 0 aromatic heterocycles. The lowest BCUT2D eigenvalue weighted by molar-refractivity contribution is 0.325. The summed E-state index contributed by atoms with van der Waals surface area (Å²) in [5.41, 5.74) is 0. The van der Waals surface area contributed by atoms with Gasteiger partial charge in [-0.15, -0.1) is 0 Å². The van der Waals surface area contributed by atoms with Gasteiger partial charge in [0.15, 0.2) is 0 Å². The van der Waals surface area contributed by atoms with Crippen LogP contribution in [0.1, 0.15) is 27.7 Å². The van der Waals surface area contributed by atoms with Crippen molar-refractivity contribution in [3.05, 3.63) is 0 Å². The highest BCUT2D eigenvalue weighted by molar-refractivity contribution is 7.53. The lowest BCUT2D eigenvalue weighted by Crippen LogP contribution is -2.31. The number of rotatable bonds is 3. The summed E-state index contributed by atoms with van der Waals surface area (Å²) >= 11 is 0. The smallest absolute Gasteiger partial charge is 0.00800 e. The van der Waals surface area contributed by atoms with Gasteiger partial charge in [0.05, 0.1) is 0 Å². The molecule has 0 rings (SSSR count). The molecule has 0 aliphatic rings. The Labute approximate surface area is 66.6 Å². The molecule has 0 saturated carbocycles. The summed E-state index contributed by atoms with van der Waals surface area (Å²) in [4.78, 5) is 0. The first-order valence-corrected chi connectivity index (χ1v) is 6.11. The Morgan fingerprint density at radius 1 is 0.900 bits per heavy atom. The minimum atomic E-state index is 0.0905. The van der Waals surface area contributed by atoms with Crippen molar-refractivity contribution in [1.29, 1.82) is 0 Å². The molecule has 0 aliphatic carbocycles. The van der Waals surface area contributed by atoms with E-state index in [0.717, 1.165) is 0 Å². The van der Waals surface area contributed by atoms with E-state index in [2.05, 4.69) is 45.7 Å². The Morgan fingerprint density at radius 3 is 1.20 bits per heavy atom. The first kappa shape index (κ1) is 10.4. The maximum absolute atomic E-state index is 2.56. The van der Waals surface area contributed by atoms with Gasteiger partial charge in [-0.05, 0) is 49.1 Å². The minimum Gasteiger partial charge on any atom is -0.277 e. The molecule has 0 aromatic rings. The summed E-state index contributed by atoms with van der Waals surface area (Å²) in [6.45, 7) is 13.7. The van der Waals surface area contributed by atoms with Gasteiger partial charge in [0.2, 0.25) is 0 Å². The van der Waals surface area contributed by atoms with Crippen molar-refractivity contribution < 1.29 is 0 Å². The van der Waals surface area contributed by atoms with Crippen molar-refractivity contribution in [2.75, 3.05) is 13.3 Å². The third-order valence-corrected chi connectivity index (χ3v) is 3.37. The maximum atomic E-state index is 2.56. The van der Waals surface area contributed by atoms with Gasteiger partial charge in [-0.2, -0.15) is 0 Å². The lowest BCUT2D eigenvalue weighted by Gasteiger charge is -2.34. The largest absolute Gasteiger partial charge is 0.277 e. The van der Waals surface area contributed by atoms with E-state index < -0.39 is 0 Å². The maximum Gasteiger partial charge on any atom is 0.00800 e. The second kappa shape index (κ2) is 4.31. The average Bonchev–Trinajstić information content (AvgIpc) is 1.59. The van der Waals surface area contributed by atoms with Crippen molar-refractivity contribution in [2.45, 2.75) is 39.8 Å². The summed E-state index contributed by atoms with van der Waals surface area (Å²) in [5.74, 6) is 0. The van der Waals surface area contributed by atoms with Crippen LogP contribution in [0.5, 0.6) is 0 Å². The van der Waals surface area contributed by atoms with Crippen LogP contribution >= 0.6 is 8.07 Å². The highest BCUT2D eigenvalue weighted by Crippen LogP contribution is 2.35. The average molecular weight is 161 g/mol. The molecule has 2 heteroatoms. The molecule has 0 unspecified atom stereocenters. The molecular formula is C8H20NP. The molecule has 0 amide bonds. The molecular weight excluding hydrogens is 141 g/mol. The van der Waals surface area contributed by atoms with Crippen LogP contribution in [0.2, 0.25) is 0 Å². The Balaban J connectivity index is 3.98. The highest BCUT2D eigenvalue weighted by atomic mass is 31.1. The summed E-state index contributed by atoms with van der Waals surface area (Å²) in [6, 6.07) is 1.39. The molecule has 0 heterocycles. The van der Waals surface area contributed by atoms with E-state index in [0.29, 0.717) is 12.1 Å². The van der Waals surface area contributed by atoms with Gasteiger partial charge >= 0.3 is 0 Å². The van der Waals surface area contributed by atoms with Crippen LogP contribution in [-0.2, 0) is 0 Å². The van der Waals surface area contributed by atoms with Crippen molar-refractivity contribution in [3.8, 4) is 0 Å². The molecule has 10 heavy (non-hydrogen) atoms. The standard InChI is InChI=1S/C8H20NP/c1-7(2)9(8(3)4)10(5)6/h7-8H,1-6H3. The fourth-order valence-corrected chi connectivity index (χ4v) is 3.37. The summed E-state index contributed by atoms with van der Waals surface area (Å²) < 4.78 is 2.56. The molecule has 0 aliphatic heterocycles. The monoisotopic (exact) mass is 161 g/mol. The Kier molecular flexibility index (Phi) is 4.47. The second-order valence-corrected chi connectivity index (χ2v) is 5.57. The van der Waals surface area contributed by atoms with E-state index >= 15 is 0 Å². The Morgan fingerprint density at radius 2 is 1.20 bits per heavy atom. The Hall–Kier alpha value is 0.390. The Bertz CT molecular complexity index is 70.2. The summed E-state index contributed by atoms with van der Waals surface area (Å²) in [5, 5.41) is 0. The first-order valence-electron chi connectivity index (χ1n) is 3.92.